The van der Waals surface area contributed by atoms with Gasteiger partial charge in [0.1, 0.15) is 11.4 Å². The lowest BCUT2D eigenvalue weighted by molar-refractivity contribution is 0.122. The van der Waals surface area contributed by atoms with Gasteiger partial charge in [0.05, 0.1) is 11.7 Å². The van der Waals surface area contributed by atoms with E-state index in [1.165, 1.54) is 0 Å². The molecule has 5 nitrogen and oxygen atoms in total. The number of ether oxygens (including phenoxy) is 1. The molecule has 1 atom stereocenters. The van der Waals surface area contributed by atoms with E-state index < -0.39 is 0 Å². The van der Waals surface area contributed by atoms with E-state index in [4.69, 9.17) is 9.84 Å². The number of benzene rings is 2. The number of aryl methyl sites for hydroxylation is 2. The maximum atomic E-state index is 9.96. The van der Waals surface area contributed by atoms with Gasteiger partial charge in [-0.15, -0.1) is 0 Å². The van der Waals surface area contributed by atoms with E-state index in [2.05, 4.69) is 36.9 Å². The van der Waals surface area contributed by atoms with E-state index in [0.717, 1.165) is 47.0 Å². The van der Waals surface area contributed by atoms with Gasteiger partial charge in [0.25, 0.3) is 0 Å². The maximum absolute atomic E-state index is 9.96. The highest BCUT2D eigenvalue weighted by Gasteiger charge is 2.22. The molecule has 0 amide bonds. The average Bonchev–Trinajstić information content (AvgIpc) is 2.98. The third kappa shape index (κ3) is 5.46. The smallest absolute Gasteiger partial charge is 0.222 e. The number of rotatable bonds is 9. The van der Waals surface area contributed by atoms with Gasteiger partial charge < -0.3 is 9.84 Å². The highest BCUT2D eigenvalue weighted by molar-refractivity contribution is 5.65. The molecule has 0 aliphatic carbocycles. The minimum atomic E-state index is -0.389. The number of hydrogen-bond acceptors (Lipinski definition) is 4. The minimum absolute atomic E-state index is 0.389. The van der Waals surface area contributed by atoms with Crippen molar-refractivity contribution < 1.29 is 9.84 Å². The third-order valence-electron chi connectivity index (χ3n) is 4.78. The van der Waals surface area contributed by atoms with Crippen LogP contribution < -0.4 is 4.74 Å². The summed E-state index contributed by atoms with van der Waals surface area (Å²) in [5.41, 5.74) is 4.17. The summed E-state index contributed by atoms with van der Waals surface area (Å²) in [5, 5.41) is 14.8. The van der Waals surface area contributed by atoms with Crippen LogP contribution in [0.4, 0.5) is 0 Å². The van der Waals surface area contributed by atoms with Gasteiger partial charge in [-0.25, -0.2) is 4.68 Å². The Labute approximate surface area is 173 Å². The zero-order valence-corrected chi connectivity index (χ0v) is 17.8. The topological polar surface area (TPSA) is 50.5 Å². The first-order valence-corrected chi connectivity index (χ1v) is 10.2. The molecule has 2 aromatic carbocycles. The van der Waals surface area contributed by atoms with Crippen LogP contribution in [0.3, 0.4) is 0 Å². The summed E-state index contributed by atoms with van der Waals surface area (Å²) in [4.78, 5) is 2.26. The summed E-state index contributed by atoms with van der Waals surface area (Å²) >= 11 is 0. The molecule has 1 aromatic heterocycles. The van der Waals surface area contributed by atoms with Crippen LogP contribution in [0.15, 0.2) is 54.6 Å². The quantitative estimate of drug-likeness (QED) is 0.568. The summed E-state index contributed by atoms with van der Waals surface area (Å²) in [6, 6.07) is 18.2. The van der Waals surface area contributed by atoms with Crippen molar-refractivity contribution in [2.45, 2.75) is 39.8 Å². The second kappa shape index (κ2) is 9.72. The van der Waals surface area contributed by atoms with Gasteiger partial charge in [0, 0.05) is 25.7 Å². The second-order valence-corrected chi connectivity index (χ2v) is 7.62. The van der Waals surface area contributed by atoms with Crippen LogP contribution >= 0.6 is 0 Å². The Morgan fingerprint density at radius 3 is 2.55 bits per heavy atom. The Morgan fingerprint density at radius 2 is 1.90 bits per heavy atom. The second-order valence-electron chi connectivity index (χ2n) is 7.62. The van der Waals surface area contributed by atoms with Crippen molar-refractivity contribution in [1.82, 2.24) is 14.7 Å². The molecule has 0 spiro atoms. The fraction of sp³-hybridized carbons (Fsp3) is 0.375. The van der Waals surface area contributed by atoms with Crippen molar-refractivity contribution in [3.63, 3.8) is 0 Å². The summed E-state index contributed by atoms with van der Waals surface area (Å²) in [6.45, 7) is 8.21. The zero-order chi connectivity index (χ0) is 20.8. The van der Waals surface area contributed by atoms with E-state index in [1.54, 1.807) is 0 Å². The lowest BCUT2D eigenvalue weighted by Crippen LogP contribution is -2.31. The predicted molar refractivity (Wildman–Crippen MR) is 117 cm³/mol. The number of hydrogen-bond donors (Lipinski definition) is 1. The zero-order valence-electron chi connectivity index (χ0n) is 17.8. The van der Waals surface area contributed by atoms with Gasteiger partial charge in [-0.05, 0) is 44.5 Å². The minimum Gasteiger partial charge on any atom is -0.439 e. The van der Waals surface area contributed by atoms with Crippen LogP contribution in [0.2, 0.25) is 0 Å². The summed E-state index contributed by atoms with van der Waals surface area (Å²) in [6.07, 6.45) is 0.626. The predicted octanol–water partition coefficient (Wildman–Crippen LogP) is 4.78. The standard InChI is InChI=1S/C24H31N3O2/c1-5-14-27(16-19(3)28)17-22-23(20-11-7-6-8-12-20)25-26(4)24(22)29-21-13-9-10-18(2)15-21/h6-13,15,19,28H,5,14,16-17H2,1-4H3. The van der Waals surface area contributed by atoms with E-state index in [9.17, 15) is 5.11 Å². The molecule has 0 bridgehead atoms. The van der Waals surface area contributed by atoms with Crippen molar-refractivity contribution in [2.75, 3.05) is 13.1 Å². The summed E-state index contributed by atoms with van der Waals surface area (Å²) in [5.74, 6) is 1.53. The van der Waals surface area contributed by atoms with Crippen molar-refractivity contribution in [2.24, 2.45) is 7.05 Å². The SMILES string of the molecule is CCCN(Cc1c(-c2ccccc2)nn(C)c1Oc1cccc(C)c1)CC(C)O. The van der Waals surface area contributed by atoms with Crippen LogP contribution in [0.5, 0.6) is 11.6 Å². The molecule has 3 aromatic rings. The van der Waals surface area contributed by atoms with Crippen molar-refractivity contribution in [3.05, 3.63) is 65.7 Å². The molecule has 0 aliphatic rings. The Kier molecular flexibility index (Phi) is 7.07. The van der Waals surface area contributed by atoms with E-state index in [0.29, 0.717) is 13.1 Å². The van der Waals surface area contributed by atoms with Crippen molar-refractivity contribution in [3.8, 4) is 22.9 Å². The van der Waals surface area contributed by atoms with E-state index in [-0.39, 0.29) is 6.10 Å². The van der Waals surface area contributed by atoms with Crippen LogP contribution in [0.25, 0.3) is 11.3 Å². The highest BCUT2D eigenvalue weighted by atomic mass is 16.5. The normalized spacial score (nSPS) is 12.3. The Bertz CT molecular complexity index is 919. The molecule has 0 aliphatic heterocycles. The van der Waals surface area contributed by atoms with Gasteiger partial charge in [-0.3, -0.25) is 4.90 Å². The van der Waals surface area contributed by atoms with Gasteiger partial charge >= 0.3 is 0 Å². The summed E-state index contributed by atoms with van der Waals surface area (Å²) < 4.78 is 8.13. The third-order valence-corrected chi connectivity index (χ3v) is 4.78. The van der Waals surface area contributed by atoms with Crippen LogP contribution in [0, 0.1) is 6.92 Å². The van der Waals surface area contributed by atoms with E-state index in [1.807, 2.05) is 55.1 Å². The van der Waals surface area contributed by atoms with Crippen LogP contribution in [-0.2, 0) is 13.6 Å². The summed E-state index contributed by atoms with van der Waals surface area (Å²) in [7, 11) is 1.92. The number of aliphatic hydroxyl groups is 1. The molecule has 0 saturated heterocycles. The highest BCUT2D eigenvalue weighted by Crippen LogP contribution is 2.34. The van der Waals surface area contributed by atoms with E-state index >= 15 is 0 Å². The molecule has 0 radical (unpaired) electrons. The Hall–Kier alpha value is -2.63. The molecule has 3 rings (SSSR count). The molecule has 1 N–H and O–H groups in total. The molecule has 5 heteroatoms. The lowest BCUT2D eigenvalue weighted by atomic mass is 10.1. The van der Waals surface area contributed by atoms with Crippen molar-refractivity contribution in [1.29, 1.82) is 0 Å². The fourth-order valence-corrected chi connectivity index (χ4v) is 3.59. The van der Waals surface area contributed by atoms with Crippen LogP contribution in [-0.4, -0.2) is 39.0 Å². The fourth-order valence-electron chi connectivity index (χ4n) is 3.59. The van der Waals surface area contributed by atoms with Gasteiger partial charge in [-0.2, -0.15) is 5.10 Å². The average molecular weight is 394 g/mol. The maximum Gasteiger partial charge on any atom is 0.222 e. The molecule has 1 unspecified atom stereocenters. The Balaban J connectivity index is 2.03. The molecule has 0 fully saturated rings. The molecular weight excluding hydrogens is 362 g/mol. The number of aromatic nitrogens is 2. The molecule has 29 heavy (non-hydrogen) atoms. The first-order chi connectivity index (χ1) is 14.0. The lowest BCUT2D eigenvalue weighted by Gasteiger charge is -2.23. The largest absolute Gasteiger partial charge is 0.439 e. The Morgan fingerprint density at radius 1 is 1.14 bits per heavy atom. The molecule has 1 heterocycles. The molecule has 154 valence electrons. The molecule has 0 saturated carbocycles. The first-order valence-electron chi connectivity index (χ1n) is 10.2. The van der Waals surface area contributed by atoms with Gasteiger partial charge in [0.2, 0.25) is 5.88 Å². The number of nitrogens with zero attached hydrogens (tertiary/aromatic N) is 3. The van der Waals surface area contributed by atoms with Gasteiger partial charge in [0.15, 0.2) is 0 Å². The first kappa shape index (κ1) is 21.1. The number of aliphatic hydroxyl groups excluding tert-OH is 1. The molecular formula is C24H31N3O2. The van der Waals surface area contributed by atoms with Crippen molar-refractivity contribution >= 4 is 0 Å². The van der Waals surface area contributed by atoms with Gasteiger partial charge in [-0.1, -0.05) is 49.4 Å². The monoisotopic (exact) mass is 393 g/mol. The van der Waals surface area contributed by atoms with Crippen LogP contribution in [0.1, 0.15) is 31.4 Å².